The number of likely N-dealkylation sites (tertiary alicyclic amines) is 1. The van der Waals surface area contributed by atoms with Gasteiger partial charge in [0.2, 0.25) is 5.91 Å². The highest BCUT2D eigenvalue weighted by atomic mass is 35.5. The quantitative estimate of drug-likeness (QED) is 0.743. The van der Waals surface area contributed by atoms with Crippen LogP contribution in [-0.2, 0) is 21.5 Å². The molecule has 2 aliphatic heterocycles. The number of hydrogen-bond acceptors (Lipinski definition) is 3. The van der Waals surface area contributed by atoms with Gasteiger partial charge in [-0.2, -0.15) is 0 Å². The van der Waals surface area contributed by atoms with E-state index in [2.05, 4.69) is 40.5 Å². The molecule has 0 unspecified atom stereocenters. The topological polar surface area (TPSA) is 41.6 Å². The Morgan fingerprint density at radius 1 is 1.07 bits per heavy atom. The van der Waals surface area contributed by atoms with Gasteiger partial charge in [-0.15, -0.1) is 0 Å². The van der Waals surface area contributed by atoms with E-state index in [1.54, 1.807) is 0 Å². The molecule has 2 aromatic rings. The van der Waals surface area contributed by atoms with Gasteiger partial charge in [-0.1, -0.05) is 54.1 Å². The molecule has 2 aromatic carbocycles. The molecular weight excluding hydrogens is 396 g/mol. The molecule has 1 amide bonds. The number of benzene rings is 2. The lowest BCUT2D eigenvalue weighted by Gasteiger charge is -2.38. The first kappa shape index (κ1) is 21.4. The number of carbonyl (C=O) groups is 1. The number of piperidine rings is 1. The number of rotatable bonds is 6. The zero-order valence-corrected chi connectivity index (χ0v) is 18.2. The van der Waals surface area contributed by atoms with Crippen LogP contribution in [-0.4, -0.2) is 43.7 Å². The smallest absolute Gasteiger partial charge is 0.223 e. The van der Waals surface area contributed by atoms with Crippen molar-refractivity contribution in [1.82, 2.24) is 10.2 Å². The van der Waals surface area contributed by atoms with Crippen molar-refractivity contribution >= 4 is 17.5 Å². The number of halogens is 1. The maximum Gasteiger partial charge on any atom is 0.223 e. The Morgan fingerprint density at radius 3 is 2.50 bits per heavy atom. The molecule has 0 spiro atoms. The van der Waals surface area contributed by atoms with Gasteiger partial charge in [0.05, 0.1) is 0 Å². The predicted octanol–water partition coefficient (Wildman–Crippen LogP) is 4.42. The van der Waals surface area contributed by atoms with Crippen molar-refractivity contribution in [2.45, 2.75) is 37.6 Å². The summed E-state index contributed by atoms with van der Waals surface area (Å²) < 4.78 is 5.61. The average Bonchev–Trinajstić information content (AvgIpc) is 2.79. The van der Waals surface area contributed by atoms with Crippen molar-refractivity contribution in [3.05, 3.63) is 70.7 Å². The Bertz CT molecular complexity index is 828. The van der Waals surface area contributed by atoms with Gasteiger partial charge >= 0.3 is 0 Å². The second kappa shape index (κ2) is 9.95. The molecule has 0 aromatic heterocycles. The van der Waals surface area contributed by atoms with Crippen molar-refractivity contribution in [2.75, 3.05) is 32.8 Å². The van der Waals surface area contributed by atoms with Gasteiger partial charge in [-0.05, 0) is 62.0 Å². The summed E-state index contributed by atoms with van der Waals surface area (Å²) in [6, 6.07) is 18.6. The SMILES string of the molecule is O=C(NCC1(c2ccccc2)CCOCC1)C1CCN(Cc2cccc(Cl)c2)CC1. The molecule has 0 atom stereocenters. The number of nitrogens with one attached hydrogen (secondary N) is 1. The summed E-state index contributed by atoms with van der Waals surface area (Å²) in [5.74, 6) is 0.312. The molecule has 2 heterocycles. The van der Waals surface area contributed by atoms with Gasteiger partial charge in [0.15, 0.2) is 0 Å². The van der Waals surface area contributed by atoms with Crippen LogP contribution < -0.4 is 5.32 Å². The van der Waals surface area contributed by atoms with E-state index >= 15 is 0 Å². The van der Waals surface area contributed by atoms with Crippen molar-refractivity contribution in [3.8, 4) is 0 Å². The van der Waals surface area contributed by atoms with Crippen molar-refractivity contribution in [3.63, 3.8) is 0 Å². The number of carbonyl (C=O) groups excluding carboxylic acids is 1. The van der Waals surface area contributed by atoms with Crippen molar-refractivity contribution < 1.29 is 9.53 Å². The Balaban J connectivity index is 1.30. The molecule has 0 bridgehead atoms. The normalized spacial score (nSPS) is 20.0. The first-order chi connectivity index (χ1) is 14.6. The minimum atomic E-state index is -0.0115. The molecule has 160 valence electrons. The second-order valence-corrected chi connectivity index (χ2v) is 9.09. The van der Waals surface area contributed by atoms with Gasteiger partial charge in [-0.3, -0.25) is 9.69 Å². The van der Waals surface area contributed by atoms with Crippen LogP contribution in [0.25, 0.3) is 0 Å². The maximum absolute atomic E-state index is 12.9. The van der Waals surface area contributed by atoms with Crippen LogP contribution in [0.5, 0.6) is 0 Å². The fourth-order valence-corrected chi connectivity index (χ4v) is 4.98. The molecule has 2 fully saturated rings. The van der Waals surface area contributed by atoms with E-state index in [1.165, 1.54) is 11.1 Å². The lowest BCUT2D eigenvalue weighted by Crippen LogP contribution is -2.47. The molecule has 0 aliphatic carbocycles. The summed E-state index contributed by atoms with van der Waals surface area (Å²) in [5, 5.41) is 4.08. The Morgan fingerprint density at radius 2 is 1.80 bits per heavy atom. The zero-order valence-electron chi connectivity index (χ0n) is 17.5. The highest BCUT2D eigenvalue weighted by Gasteiger charge is 2.35. The van der Waals surface area contributed by atoms with Crippen LogP contribution >= 0.6 is 11.6 Å². The summed E-state index contributed by atoms with van der Waals surface area (Å²) in [7, 11) is 0. The minimum Gasteiger partial charge on any atom is -0.381 e. The van der Waals surface area contributed by atoms with E-state index in [1.807, 2.05) is 24.3 Å². The molecule has 0 saturated carbocycles. The monoisotopic (exact) mass is 426 g/mol. The fraction of sp³-hybridized carbons (Fsp3) is 0.480. The molecule has 30 heavy (non-hydrogen) atoms. The lowest BCUT2D eigenvalue weighted by molar-refractivity contribution is -0.127. The molecule has 4 nitrogen and oxygen atoms in total. The number of ether oxygens (including phenoxy) is 1. The fourth-order valence-electron chi connectivity index (χ4n) is 4.77. The summed E-state index contributed by atoms with van der Waals surface area (Å²) in [6.45, 7) is 5.00. The van der Waals surface area contributed by atoms with E-state index < -0.39 is 0 Å². The first-order valence-electron chi connectivity index (χ1n) is 11.0. The average molecular weight is 427 g/mol. The third-order valence-electron chi connectivity index (χ3n) is 6.69. The summed E-state index contributed by atoms with van der Waals surface area (Å²) in [5.41, 5.74) is 2.53. The second-order valence-electron chi connectivity index (χ2n) is 8.66. The van der Waals surface area contributed by atoms with Gasteiger partial charge in [0.1, 0.15) is 0 Å². The highest BCUT2D eigenvalue weighted by molar-refractivity contribution is 6.30. The minimum absolute atomic E-state index is 0.0115. The van der Waals surface area contributed by atoms with E-state index in [9.17, 15) is 4.79 Å². The molecule has 2 aliphatic rings. The first-order valence-corrected chi connectivity index (χ1v) is 11.4. The van der Waals surface area contributed by atoms with E-state index in [4.69, 9.17) is 16.3 Å². The van der Waals surface area contributed by atoms with Crippen LogP contribution in [0.4, 0.5) is 0 Å². The van der Waals surface area contributed by atoms with Gasteiger partial charge in [-0.25, -0.2) is 0 Å². The largest absolute Gasteiger partial charge is 0.381 e. The highest BCUT2D eigenvalue weighted by Crippen LogP contribution is 2.34. The summed E-state index contributed by atoms with van der Waals surface area (Å²) in [4.78, 5) is 15.4. The van der Waals surface area contributed by atoms with Gasteiger partial charge in [0, 0.05) is 42.7 Å². The molecular formula is C25H31ClN2O2. The predicted molar refractivity (Wildman–Crippen MR) is 121 cm³/mol. The number of amides is 1. The van der Waals surface area contributed by atoms with E-state index in [-0.39, 0.29) is 17.2 Å². The van der Waals surface area contributed by atoms with Crippen molar-refractivity contribution in [1.29, 1.82) is 0 Å². The number of nitrogens with zero attached hydrogens (tertiary/aromatic N) is 1. The van der Waals surface area contributed by atoms with Crippen LogP contribution in [0, 0.1) is 5.92 Å². The molecule has 5 heteroatoms. The van der Waals surface area contributed by atoms with Gasteiger partial charge < -0.3 is 10.1 Å². The van der Waals surface area contributed by atoms with Crippen LogP contribution in [0.1, 0.15) is 36.8 Å². The third-order valence-corrected chi connectivity index (χ3v) is 6.93. The van der Waals surface area contributed by atoms with E-state index in [0.717, 1.165) is 63.6 Å². The zero-order chi connectivity index (χ0) is 20.8. The Kier molecular flexibility index (Phi) is 7.08. The van der Waals surface area contributed by atoms with Crippen LogP contribution in [0.3, 0.4) is 0 Å². The van der Waals surface area contributed by atoms with Crippen LogP contribution in [0.2, 0.25) is 5.02 Å². The molecule has 1 N–H and O–H groups in total. The maximum atomic E-state index is 12.9. The third kappa shape index (κ3) is 5.23. The molecule has 2 saturated heterocycles. The molecule has 4 rings (SSSR count). The summed E-state index contributed by atoms with van der Waals surface area (Å²) in [6.07, 6.45) is 3.73. The standard InChI is InChI=1S/C25H31ClN2O2/c26-23-8-4-5-20(17-23)18-28-13-9-21(10-14-28)24(29)27-19-25(11-15-30-16-12-25)22-6-2-1-3-7-22/h1-8,17,21H,9-16,18-19H2,(H,27,29). The van der Waals surface area contributed by atoms with Gasteiger partial charge in [0.25, 0.3) is 0 Å². The summed E-state index contributed by atoms with van der Waals surface area (Å²) >= 11 is 6.10. The molecule has 0 radical (unpaired) electrons. The Hall–Kier alpha value is -1.88. The van der Waals surface area contributed by atoms with Crippen LogP contribution in [0.15, 0.2) is 54.6 Å². The van der Waals surface area contributed by atoms with Crippen molar-refractivity contribution in [2.24, 2.45) is 5.92 Å². The van der Waals surface area contributed by atoms with E-state index in [0.29, 0.717) is 6.54 Å². The lowest BCUT2D eigenvalue weighted by atomic mass is 9.74. The number of hydrogen-bond donors (Lipinski definition) is 1. The Labute approximate surface area is 184 Å².